The maximum Gasteiger partial charge on any atom is 0.185 e. The van der Waals surface area contributed by atoms with E-state index in [1.54, 1.807) is 0 Å². The van der Waals surface area contributed by atoms with E-state index >= 15 is 0 Å². The van der Waals surface area contributed by atoms with Crippen molar-refractivity contribution in [3.63, 3.8) is 0 Å². The van der Waals surface area contributed by atoms with Crippen molar-refractivity contribution in [3.8, 4) is 28.7 Å². The van der Waals surface area contributed by atoms with E-state index in [1.807, 2.05) is 60.7 Å². The summed E-state index contributed by atoms with van der Waals surface area (Å²) in [4.78, 5) is 0. The van der Waals surface area contributed by atoms with Crippen molar-refractivity contribution in [1.29, 1.82) is 0 Å². The summed E-state index contributed by atoms with van der Waals surface area (Å²) in [5, 5.41) is 4.47. The van der Waals surface area contributed by atoms with Crippen LogP contribution in [0.15, 0.2) is 109 Å². The Morgan fingerprint density at radius 1 is 0.543 bits per heavy atom. The van der Waals surface area contributed by atoms with E-state index in [0.29, 0.717) is 38.9 Å². The zero-order valence-electron chi connectivity index (χ0n) is 18.5. The predicted octanol–water partition coefficient (Wildman–Crippen LogP) is 6.63. The van der Waals surface area contributed by atoms with Crippen molar-refractivity contribution in [1.82, 2.24) is 4.57 Å². The van der Waals surface area contributed by atoms with Gasteiger partial charge in [0.25, 0.3) is 0 Å². The molecule has 0 fully saturated rings. The van der Waals surface area contributed by atoms with Crippen LogP contribution < -0.4 is 25.4 Å². The number of hydrogen-bond donors (Lipinski definition) is 0. The Bertz CT molecular complexity index is 1850. The average Bonchev–Trinajstić information content (AvgIpc) is 3.23. The number of ether oxygens (including phenoxy) is 2. The van der Waals surface area contributed by atoms with Gasteiger partial charge in [0.1, 0.15) is 28.3 Å². The fourth-order valence-corrected chi connectivity index (χ4v) is 8.61. The fourth-order valence-electron chi connectivity index (χ4n) is 5.57. The Morgan fingerprint density at radius 3 is 1.86 bits per heavy atom. The second-order valence-electron chi connectivity index (χ2n) is 8.91. The molecule has 1 atom stereocenters. The minimum absolute atomic E-state index is 0.590. The number of benzene rings is 5. The summed E-state index contributed by atoms with van der Waals surface area (Å²) in [7, 11) is -3.17. The van der Waals surface area contributed by atoms with E-state index in [1.165, 1.54) is 10.8 Å². The molecule has 6 aromatic rings. The summed E-state index contributed by atoms with van der Waals surface area (Å²) in [5.74, 6) is 2.45. The van der Waals surface area contributed by atoms with Crippen LogP contribution in [-0.2, 0) is 4.57 Å². The van der Waals surface area contributed by atoms with Crippen LogP contribution in [-0.4, -0.2) is 4.57 Å². The number of rotatable bonds is 1. The van der Waals surface area contributed by atoms with Crippen molar-refractivity contribution < 1.29 is 14.0 Å². The molecule has 2 aliphatic heterocycles. The monoisotopic (exact) mass is 471 g/mol. The third-order valence-electron chi connectivity index (χ3n) is 7.04. The molecule has 0 aliphatic carbocycles. The second-order valence-corrected chi connectivity index (χ2v) is 11.5. The number of hydrogen-bond acceptors (Lipinski definition) is 3. The summed E-state index contributed by atoms with van der Waals surface area (Å²) in [6.07, 6.45) is 0. The molecule has 0 spiro atoms. The summed E-state index contributed by atoms with van der Waals surface area (Å²) >= 11 is 0. The lowest BCUT2D eigenvalue weighted by Gasteiger charge is -2.34. The Hall–Kier alpha value is -4.27. The molecule has 3 heterocycles. The van der Waals surface area contributed by atoms with Crippen molar-refractivity contribution in [2.45, 2.75) is 0 Å². The number of fused-ring (bicyclic) bond motifs is 7. The van der Waals surface area contributed by atoms with Crippen LogP contribution in [0.25, 0.3) is 27.5 Å². The van der Waals surface area contributed by atoms with Crippen molar-refractivity contribution in [2.24, 2.45) is 0 Å². The van der Waals surface area contributed by atoms with Crippen LogP contribution in [0.1, 0.15) is 0 Å². The third-order valence-corrected chi connectivity index (χ3v) is 10.2. The first-order chi connectivity index (χ1) is 17.2. The highest BCUT2D eigenvalue weighted by atomic mass is 31.2. The molecule has 166 valence electrons. The van der Waals surface area contributed by atoms with E-state index in [2.05, 4.69) is 53.1 Å². The first-order valence-corrected chi connectivity index (χ1v) is 13.3. The van der Waals surface area contributed by atoms with Gasteiger partial charge in [0.2, 0.25) is 0 Å². The van der Waals surface area contributed by atoms with Crippen molar-refractivity contribution in [3.05, 3.63) is 109 Å². The third kappa shape index (κ3) is 2.39. The van der Waals surface area contributed by atoms with Gasteiger partial charge >= 0.3 is 0 Å². The summed E-state index contributed by atoms with van der Waals surface area (Å²) in [6.45, 7) is 0. The molecule has 1 aromatic heterocycles. The molecule has 5 heteroatoms. The van der Waals surface area contributed by atoms with E-state index in [9.17, 15) is 4.57 Å². The summed E-state index contributed by atoms with van der Waals surface area (Å²) in [5.41, 5.74) is 3.21. The minimum Gasteiger partial charge on any atom is -0.456 e. The van der Waals surface area contributed by atoms with Gasteiger partial charge in [-0.2, -0.15) is 0 Å². The molecule has 0 saturated heterocycles. The van der Waals surface area contributed by atoms with Crippen molar-refractivity contribution in [2.75, 3.05) is 0 Å². The maximum atomic E-state index is 15.0. The normalized spacial score (nSPS) is 17.3. The molecule has 0 amide bonds. The van der Waals surface area contributed by atoms with Gasteiger partial charge < -0.3 is 18.6 Å². The molecular weight excluding hydrogens is 453 g/mol. The molecule has 0 saturated carbocycles. The predicted molar refractivity (Wildman–Crippen MR) is 140 cm³/mol. The van der Waals surface area contributed by atoms with Crippen LogP contribution in [0.5, 0.6) is 23.0 Å². The summed E-state index contributed by atoms with van der Waals surface area (Å²) < 4.78 is 29.8. The topological polar surface area (TPSA) is 40.5 Å². The van der Waals surface area contributed by atoms with Crippen LogP contribution in [0.2, 0.25) is 0 Å². The molecule has 5 aromatic carbocycles. The molecule has 0 N–H and O–H groups in total. The van der Waals surface area contributed by atoms with Gasteiger partial charge in [-0.05, 0) is 48.5 Å². The van der Waals surface area contributed by atoms with Gasteiger partial charge in [-0.1, -0.05) is 54.6 Å². The number of aromatic nitrogens is 1. The molecule has 4 nitrogen and oxygen atoms in total. The quantitative estimate of drug-likeness (QED) is 0.252. The van der Waals surface area contributed by atoms with E-state index < -0.39 is 7.14 Å². The average molecular weight is 471 g/mol. The molecule has 0 radical (unpaired) electrons. The van der Waals surface area contributed by atoms with Crippen LogP contribution in [0, 0.1) is 0 Å². The largest absolute Gasteiger partial charge is 0.456 e. The van der Waals surface area contributed by atoms with Gasteiger partial charge in [-0.3, -0.25) is 0 Å². The number of nitrogens with zero attached hydrogens (tertiary/aromatic N) is 1. The zero-order valence-corrected chi connectivity index (χ0v) is 19.4. The Kier molecular flexibility index (Phi) is 3.63. The zero-order chi connectivity index (χ0) is 23.1. The smallest absolute Gasteiger partial charge is 0.185 e. The molecule has 35 heavy (non-hydrogen) atoms. The lowest BCUT2D eigenvalue weighted by atomic mass is 10.2. The van der Waals surface area contributed by atoms with Gasteiger partial charge in [0.15, 0.2) is 7.14 Å². The highest BCUT2D eigenvalue weighted by Gasteiger charge is 2.46. The van der Waals surface area contributed by atoms with Crippen LogP contribution in [0.4, 0.5) is 0 Å². The van der Waals surface area contributed by atoms with Crippen LogP contribution >= 0.6 is 7.14 Å². The first-order valence-electron chi connectivity index (χ1n) is 11.6. The molecule has 2 aliphatic rings. The van der Waals surface area contributed by atoms with Crippen molar-refractivity contribution >= 4 is 44.9 Å². The molecular formula is C30H18NO3P. The molecule has 0 bridgehead atoms. The van der Waals surface area contributed by atoms with Gasteiger partial charge in [0, 0.05) is 22.5 Å². The Balaban J connectivity index is 1.42. The van der Waals surface area contributed by atoms with E-state index in [4.69, 9.17) is 9.47 Å². The maximum absolute atomic E-state index is 15.0. The van der Waals surface area contributed by atoms with Gasteiger partial charge in [-0.15, -0.1) is 0 Å². The SMILES string of the molecule is O=P12c3ccccc3Oc3cccc(c31)Oc1cc(-n3c4ccccc4c4ccccc43)ccc12. The standard InChI is InChI=1S/C30H18NO3P/c32-35-28-15-6-5-12-24(28)33-25-13-7-14-26(30(25)35)34-27-18-19(16-17-29(27)35)31-22-10-3-1-8-20(22)21-9-2-4-11-23(21)31/h1-18H. The molecule has 8 rings (SSSR count). The Labute approximate surface area is 201 Å². The highest BCUT2D eigenvalue weighted by molar-refractivity contribution is 7.86. The minimum atomic E-state index is -3.17. The second kappa shape index (κ2) is 6.65. The lowest BCUT2D eigenvalue weighted by Crippen LogP contribution is -2.35. The van der Waals surface area contributed by atoms with E-state index in [0.717, 1.165) is 16.7 Å². The first kappa shape index (κ1) is 19.1. The highest BCUT2D eigenvalue weighted by Crippen LogP contribution is 2.58. The lowest BCUT2D eigenvalue weighted by molar-refractivity contribution is 0.461. The van der Waals surface area contributed by atoms with Gasteiger partial charge in [-0.25, -0.2) is 0 Å². The van der Waals surface area contributed by atoms with E-state index in [-0.39, 0.29) is 0 Å². The van der Waals surface area contributed by atoms with Gasteiger partial charge in [0.05, 0.1) is 21.6 Å². The molecule has 1 unspecified atom stereocenters. The fraction of sp³-hybridized carbons (Fsp3) is 0. The summed E-state index contributed by atoms with van der Waals surface area (Å²) in [6, 6.07) is 36.1. The number of para-hydroxylation sites is 3. The Morgan fingerprint density at radius 2 is 1.11 bits per heavy atom. The van der Waals surface area contributed by atoms with Crippen LogP contribution in [0.3, 0.4) is 0 Å².